The maximum absolute atomic E-state index is 11.5. The number of hydrogen-bond acceptors (Lipinski definition) is 12. The molecule has 2 aromatic carbocycles. The van der Waals surface area contributed by atoms with Crippen LogP contribution in [0.1, 0.15) is 23.5 Å². The third kappa shape index (κ3) is 6.11. The molecular formula is C26H30O13. The second-order valence-electron chi connectivity index (χ2n) is 9.11. The summed E-state index contributed by atoms with van der Waals surface area (Å²) in [5.74, 6) is -1.26. The van der Waals surface area contributed by atoms with Gasteiger partial charge in [-0.05, 0) is 24.1 Å². The smallest absolute Gasteiger partial charge is 0.317 e. The summed E-state index contributed by atoms with van der Waals surface area (Å²) in [5.41, 5.74) is 1.47. The number of rotatable bonds is 9. The van der Waals surface area contributed by atoms with Crippen molar-refractivity contribution in [3.05, 3.63) is 41.5 Å². The highest BCUT2D eigenvalue weighted by Gasteiger charge is 2.45. The van der Waals surface area contributed by atoms with E-state index in [1.165, 1.54) is 14.2 Å². The minimum Gasteiger partial charge on any atom is -0.504 e. The maximum Gasteiger partial charge on any atom is 0.317 e. The van der Waals surface area contributed by atoms with Crippen molar-refractivity contribution in [1.82, 2.24) is 0 Å². The molecule has 0 aromatic heterocycles. The fraction of sp³-hybridized carbons (Fsp3) is 0.462. The molecule has 212 valence electrons. The van der Waals surface area contributed by atoms with Crippen LogP contribution in [0.25, 0.3) is 0 Å². The van der Waals surface area contributed by atoms with Gasteiger partial charge in [-0.2, -0.15) is 0 Å². The van der Waals surface area contributed by atoms with Gasteiger partial charge in [0.2, 0.25) is 12.0 Å². The average Bonchev–Trinajstić information content (AvgIpc) is 2.91. The molecule has 0 amide bonds. The Bertz CT molecular complexity index is 1200. The number of aliphatic hydroxyl groups excluding tert-OH is 3. The van der Waals surface area contributed by atoms with Gasteiger partial charge in [0, 0.05) is 17.5 Å². The summed E-state index contributed by atoms with van der Waals surface area (Å²) in [6, 6.07) is 8.40. The number of fused-ring (bicyclic) bond motifs is 1. The second-order valence-corrected chi connectivity index (χ2v) is 9.11. The Balaban J connectivity index is 1.44. The van der Waals surface area contributed by atoms with E-state index in [4.69, 9.17) is 33.5 Å². The molecule has 0 radical (unpaired) electrons. The number of phenols is 1. The van der Waals surface area contributed by atoms with Crippen LogP contribution in [0.3, 0.4) is 0 Å². The number of aromatic hydroxyl groups is 1. The van der Waals surface area contributed by atoms with Crippen molar-refractivity contribution >= 4 is 11.9 Å². The Morgan fingerprint density at radius 2 is 1.79 bits per heavy atom. The van der Waals surface area contributed by atoms with Crippen molar-refractivity contribution < 1.29 is 63.5 Å². The molecule has 2 aromatic rings. The largest absolute Gasteiger partial charge is 0.504 e. The number of phenolic OH excluding ortho intramolecular Hbond substituents is 1. The van der Waals surface area contributed by atoms with Crippen LogP contribution < -0.4 is 18.9 Å². The van der Waals surface area contributed by atoms with Crippen molar-refractivity contribution in [1.29, 1.82) is 0 Å². The average molecular weight is 551 g/mol. The van der Waals surface area contributed by atoms with Crippen molar-refractivity contribution in [3.8, 4) is 28.7 Å². The lowest BCUT2D eigenvalue weighted by Crippen LogP contribution is -2.60. The minimum absolute atomic E-state index is 0.0266. The molecule has 1 saturated heterocycles. The lowest BCUT2D eigenvalue weighted by Gasteiger charge is -2.40. The first kappa shape index (κ1) is 28.2. The number of carboxylic acid groups (broad SMARTS) is 1. The number of carbonyl (C=O) groups excluding carboxylic acids is 1. The molecule has 5 N–H and O–H groups in total. The van der Waals surface area contributed by atoms with Crippen molar-refractivity contribution in [2.24, 2.45) is 0 Å². The molecule has 1 fully saturated rings. The monoisotopic (exact) mass is 550 g/mol. The van der Waals surface area contributed by atoms with Crippen LogP contribution in [-0.2, 0) is 25.5 Å². The molecule has 0 bridgehead atoms. The van der Waals surface area contributed by atoms with Gasteiger partial charge in [-0.3, -0.25) is 9.59 Å². The van der Waals surface area contributed by atoms with Crippen molar-refractivity contribution in [2.75, 3.05) is 27.4 Å². The lowest BCUT2D eigenvalue weighted by molar-refractivity contribution is -0.278. The Morgan fingerprint density at radius 3 is 2.49 bits per heavy atom. The number of hydrogen-bond donors (Lipinski definition) is 5. The predicted molar refractivity (Wildman–Crippen MR) is 130 cm³/mol. The molecule has 0 saturated carbocycles. The van der Waals surface area contributed by atoms with E-state index in [0.717, 1.165) is 5.56 Å². The van der Waals surface area contributed by atoms with Gasteiger partial charge in [0.1, 0.15) is 48.9 Å². The summed E-state index contributed by atoms with van der Waals surface area (Å²) >= 11 is 0. The van der Waals surface area contributed by atoms with E-state index >= 15 is 0 Å². The molecule has 4 rings (SSSR count). The SMILES string of the molecule is COc1ccc([C@@H]2COc3cc(O[C@H]4O[C@H](COC(=O)CC(=O)O)[C@@H](O)[C@H](O)[C@H]4O)ccc3C2)c(O)c1OC. The normalized spacial score (nSPS) is 26.1. The molecule has 2 aliphatic rings. The van der Waals surface area contributed by atoms with E-state index in [9.17, 15) is 30.0 Å². The summed E-state index contributed by atoms with van der Waals surface area (Å²) < 4.78 is 32.5. The third-order valence-electron chi connectivity index (χ3n) is 6.56. The minimum atomic E-state index is -1.68. The second kappa shape index (κ2) is 11.9. The zero-order valence-corrected chi connectivity index (χ0v) is 21.2. The van der Waals surface area contributed by atoms with Gasteiger partial charge in [-0.15, -0.1) is 0 Å². The van der Waals surface area contributed by atoms with E-state index in [0.29, 0.717) is 23.5 Å². The third-order valence-corrected chi connectivity index (χ3v) is 6.56. The molecule has 13 heteroatoms. The zero-order valence-electron chi connectivity index (χ0n) is 21.2. The highest BCUT2D eigenvalue weighted by Crippen LogP contribution is 2.44. The van der Waals surface area contributed by atoms with Gasteiger partial charge in [0.05, 0.1) is 20.8 Å². The number of aliphatic carboxylic acids is 1. The first-order chi connectivity index (χ1) is 18.6. The van der Waals surface area contributed by atoms with Crippen LogP contribution in [0.15, 0.2) is 30.3 Å². The van der Waals surface area contributed by atoms with Crippen LogP contribution in [0.4, 0.5) is 0 Å². The van der Waals surface area contributed by atoms with Crippen LogP contribution in [-0.4, -0.2) is 95.6 Å². The number of carboxylic acids is 1. The standard InChI is InChI=1S/C26H30O13/c1-34-16-6-5-15(21(30)25(16)35-2)13-7-12-3-4-14(8-17(12)36-10-13)38-26-24(33)23(32)22(31)18(39-26)11-37-20(29)9-19(27)28/h3-6,8,13,18,22-24,26,30-33H,7,9-11H2,1-2H3,(H,27,28)/t13-,18+,22+,23-,24+,26-/m0/s1. The molecule has 6 atom stereocenters. The van der Waals surface area contributed by atoms with Crippen LogP contribution in [0.2, 0.25) is 0 Å². The summed E-state index contributed by atoms with van der Waals surface area (Å²) in [4.78, 5) is 22.2. The highest BCUT2D eigenvalue weighted by atomic mass is 16.7. The summed E-state index contributed by atoms with van der Waals surface area (Å²) in [7, 11) is 2.92. The fourth-order valence-electron chi connectivity index (χ4n) is 4.52. The molecule has 0 spiro atoms. The summed E-state index contributed by atoms with van der Waals surface area (Å²) in [5, 5.41) is 50.2. The maximum atomic E-state index is 11.5. The number of carbonyl (C=O) groups is 2. The molecule has 2 aliphatic heterocycles. The fourth-order valence-corrected chi connectivity index (χ4v) is 4.52. The summed E-state index contributed by atoms with van der Waals surface area (Å²) in [6.07, 6.45) is -8.00. The first-order valence-electron chi connectivity index (χ1n) is 12.1. The molecule has 39 heavy (non-hydrogen) atoms. The Labute approximate surface area is 223 Å². The van der Waals surface area contributed by atoms with Gasteiger partial charge >= 0.3 is 11.9 Å². The van der Waals surface area contributed by atoms with Gasteiger partial charge in [0.25, 0.3) is 0 Å². The van der Waals surface area contributed by atoms with Gasteiger partial charge in [0.15, 0.2) is 11.5 Å². The first-order valence-corrected chi connectivity index (χ1v) is 12.1. The molecule has 0 unspecified atom stereocenters. The number of aliphatic hydroxyl groups is 3. The Kier molecular flexibility index (Phi) is 8.65. The van der Waals surface area contributed by atoms with Gasteiger partial charge in [-0.25, -0.2) is 0 Å². The predicted octanol–water partition coefficient (Wildman–Crippen LogP) is 0.332. The van der Waals surface area contributed by atoms with Crippen LogP contribution in [0, 0.1) is 0 Å². The quantitative estimate of drug-likeness (QED) is 0.212. The van der Waals surface area contributed by atoms with Crippen molar-refractivity contribution in [3.63, 3.8) is 0 Å². The van der Waals surface area contributed by atoms with E-state index in [1.54, 1.807) is 30.3 Å². The van der Waals surface area contributed by atoms with E-state index < -0.39 is 55.7 Å². The van der Waals surface area contributed by atoms with Gasteiger partial charge < -0.3 is 54.0 Å². The number of ether oxygens (including phenoxy) is 6. The highest BCUT2D eigenvalue weighted by molar-refractivity contribution is 5.90. The topological polar surface area (TPSA) is 191 Å². The molecular weight excluding hydrogens is 520 g/mol. The number of benzene rings is 2. The number of methoxy groups -OCH3 is 2. The van der Waals surface area contributed by atoms with Crippen LogP contribution in [0.5, 0.6) is 28.7 Å². The van der Waals surface area contributed by atoms with E-state index in [-0.39, 0.29) is 29.8 Å². The number of esters is 1. The van der Waals surface area contributed by atoms with E-state index in [2.05, 4.69) is 0 Å². The molecule has 13 nitrogen and oxygen atoms in total. The van der Waals surface area contributed by atoms with E-state index in [1.807, 2.05) is 0 Å². The Morgan fingerprint density at radius 1 is 1.03 bits per heavy atom. The lowest BCUT2D eigenvalue weighted by atomic mass is 9.89. The van der Waals surface area contributed by atoms with Gasteiger partial charge in [-0.1, -0.05) is 12.1 Å². The van der Waals surface area contributed by atoms with Crippen LogP contribution >= 0.6 is 0 Å². The molecule has 0 aliphatic carbocycles. The Hall–Kier alpha value is -3.78. The zero-order chi connectivity index (χ0) is 28.3. The van der Waals surface area contributed by atoms with Crippen molar-refractivity contribution in [2.45, 2.75) is 49.5 Å². The summed E-state index contributed by atoms with van der Waals surface area (Å²) in [6.45, 7) is -0.314. The molecule has 2 heterocycles.